The predicted octanol–water partition coefficient (Wildman–Crippen LogP) is 4.18. The van der Waals surface area contributed by atoms with Gasteiger partial charge in [-0.1, -0.05) is 42.5 Å². The Labute approximate surface area is 192 Å². The van der Waals surface area contributed by atoms with Crippen LogP contribution in [0.15, 0.2) is 79.4 Å². The smallest absolute Gasteiger partial charge is 0.141 e. The zero-order chi connectivity index (χ0) is 22.3. The van der Waals surface area contributed by atoms with Crippen LogP contribution in [0.2, 0.25) is 0 Å². The molecule has 0 amide bonds. The first-order valence-electron chi connectivity index (χ1n) is 11.4. The van der Waals surface area contributed by atoms with Crippen LogP contribution in [0.5, 0.6) is 0 Å². The van der Waals surface area contributed by atoms with Crippen molar-refractivity contribution in [1.82, 2.24) is 30.0 Å². The van der Waals surface area contributed by atoms with Gasteiger partial charge < -0.3 is 10.3 Å². The van der Waals surface area contributed by atoms with E-state index in [-0.39, 0.29) is 5.41 Å². The first kappa shape index (κ1) is 19.9. The molecule has 1 aliphatic carbocycles. The zero-order valence-electron chi connectivity index (χ0n) is 18.6. The van der Waals surface area contributed by atoms with E-state index in [1.165, 1.54) is 22.4 Å². The van der Waals surface area contributed by atoms with Crippen LogP contribution < -0.4 is 5.32 Å². The lowest BCUT2D eigenvalue weighted by molar-refractivity contribution is 0.409. The summed E-state index contributed by atoms with van der Waals surface area (Å²) < 4.78 is 1.93. The Balaban J connectivity index is 1.37. The van der Waals surface area contributed by atoms with Crippen LogP contribution >= 0.6 is 0 Å². The molecule has 0 aliphatic heterocycles. The number of fused-ring (bicyclic) bond motifs is 2. The molecule has 0 spiro atoms. The molecule has 0 radical (unpaired) electrons. The van der Waals surface area contributed by atoms with Crippen molar-refractivity contribution in [1.29, 1.82) is 0 Å². The van der Waals surface area contributed by atoms with E-state index in [1.807, 2.05) is 30.2 Å². The van der Waals surface area contributed by atoms with Crippen molar-refractivity contribution in [3.63, 3.8) is 0 Å². The molecule has 0 saturated carbocycles. The minimum atomic E-state index is -0.0113. The van der Waals surface area contributed by atoms with Gasteiger partial charge >= 0.3 is 0 Å². The van der Waals surface area contributed by atoms with Crippen LogP contribution in [-0.2, 0) is 31.8 Å². The molecule has 2 N–H and O–H groups in total. The Bertz CT molecular complexity index is 1400. The quantitative estimate of drug-likeness (QED) is 0.421. The van der Waals surface area contributed by atoms with E-state index in [4.69, 9.17) is 0 Å². The molecule has 6 heteroatoms. The maximum absolute atomic E-state index is 4.63. The fraction of sp³-hybridized carbons (Fsp3) is 0.222. The van der Waals surface area contributed by atoms with Crippen molar-refractivity contribution < 1.29 is 0 Å². The van der Waals surface area contributed by atoms with Crippen molar-refractivity contribution in [2.75, 3.05) is 6.54 Å². The van der Waals surface area contributed by atoms with Crippen molar-refractivity contribution in [3.05, 3.63) is 102 Å². The summed E-state index contributed by atoms with van der Waals surface area (Å²) in [5.74, 6) is 0. The predicted molar refractivity (Wildman–Crippen MR) is 130 cm³/mol. The molecule has 6 rings (SSSR count). The van der Waals surface area contributed by atoms with Crippen LogP contribution in [0.3, 0.4) is 0 Å². The van der Waals surface area contributed by atoms with Crippen molar-refractivity contribution in [2.24, 2.45) is 7.05 Å². The van der Waals surface area contributed by atoms with E-state index in [2.05, 4.69) is 80.0 Å². The van der Waals surface area contributed by atoms with Gasteiger partial charge in [-0.3, -0.25) is 4.68 Å². The largest absolute Gasteiger partial charge is 0.346 e. The first-order chi connectivity index (χ1) is 16.2. The molecule has 2 aromatic carbocycles. The lowest BCUT2D eigenvalue weighted by Crippen LogP contribution is -2.39. The molecule has 0 atom stereocenters. The maximum Gasteiger partial charge on any atom is 0.141 e. The standard InChI is InChI=1S/C27H26N6/c1-33-23(9-12-32-33)16-28-17-27(14-20-5-2-3-6-21(20)15-27)22-8-4-7-19(13-22)25-24-10-11-29-26(24)31-18-30-25/h2-13,18,28H,14-17H2,1H3,(H,29,30,31). The highest BCUT2D eigenvalue weighted by atomic mass is 15.3. The van der Waals surface area contributed by atoms with Gasteiger partial charge in [0.15, 0.2) is 0 Å². The van der Waals surface area contributed by atoms with Crippen LogP contribution in [0.25, 0.3) is 22.3 Å². The van der Waals surface area contributed by atoms with Gasteiger partial charge in [0.1, 0.15) is 12.0 Å². The van der Waals surface area contributed by atoms with Crippen molar-refractivity contribution in [3.8, 4) is 11.3 Å². The lowest BCUT2D eigenvalue weighted by Gasteiger charge is -2.31. The van der Waals surface area contributed by atoms with Crippen LogP contribution in [0.1, 0.15) is 22.4 Å². The van der Waals surface area contributed by atoms with Gasteiger partial charge in [0.05, 0.1) is 11.4 Å². The Morgan fingerprint density at radius 2 is 1.85 bits per heavy atom. The summed E-state index contributed by atoms with van der Waals surface area (Å²) in [4.78, 5) is 12.2. The maximum atomic E-state index is 4.63. The molecule has 33 heavy (non-hydrogen) atoms. The molecule has 3 aromatic heterocycles. The molecule has 0 bridgehead atoms. The minimum absolute atomic E-state index is 0.0113. The first-order valence-corrected chi connectivity index (χ1v) is 11.4. The van der Waals surface area contributed by atoms with Gasteiger partial charge in [-0.15, -0.1) is 0 Å². The second kappa shape index (κ2) is 7.98. The van der Waals surface area contributed by atoms with Gasteiger partial charge in [-0.2, -0.15) is 5.10 Å². The highest BCUT2D eigenvalue weighted by Crippen LogP contribution is 2.41. The normalized spacial score (nSPS) is 14.6. The highest BCUT2D eigenvalue weighted by Gasteiger charge is 2.38. The van der Waals surface area contributed by atoms with Crippen LogP contribution in [0.4, 0.5) is 0 Å². The molecule has 1 aliphatic rings. The zero-order valence-corrected chi connectivity index (χ0v) is 18.6. The number of aromatic nitrogens is 5. The minimum Gasteiger partial charge on any atom is -0.346 e. The van der Waals surface area contributed by atoms with Crippen molar-refractivity contribution in [2.45, 2.75) is 24.8 Å². The Morgan fingerprint density at radius 3 is 2.64 bits per heavy atom. The van der Waals surface area contributed by atoms with E-state index in [0.717, 1.165) is 48.2 Å². The van der Waals surface area contributed by atoms with Gasteiger partial charge in [0.2, 0.25) is 0 Å². The van der Waals surface area contributed by atoms with E-state index >= 15 is 0 Å². The van der Waals surface area contributed by atoms with Crippen molar-refractivity contribution >= 4 is 11.0 Å². The summed E-state index contributed by atoms with van der Waals surface area (Å²) in [6.45, 7) is 1.68. The fourth-order valence-electron chi connectivity index (χ4n) is 5.23. The van der Waals surface area contributed by atoms with Gasteiger partial charge in [-0.25, -0.2) is 9.97 Å². The summed E-state index contributed by atoms with van der Waals surface area (Å²) >= 11 is 0. The third-order valence-electron chi connectivity index (χ3n) is 6.97. The van der Waals surface area contributed by atoms with Gasteiger partial charge in [-0.05, 0) is 47.7 Å². The molecule has 3 heterocycles. The van der Waals surface area contributed by atoms with E-state index in [9.17, 15) is 0 Å². The number of nitrogens with one attached hydrogen (secondary N) is 2. The summed E-state index contributed by atoms with van der Waals surface area (Å²) in [5, 5.41) is 9.09. The van der Waals surface area contributed by atoms with E-state index < -0.39 is 0 Å². The molecule has 0 unspecified atom stereocenters. The second-order valence-corrected chi connectivity index (χ2v) is 9.00. The summed E-state index contributed by atoms with van der Waals surface area (Å²) in [6.07, 6.45) is 7.45. The van der Waals surface area contributed by atoms with Crippen LogP contribution in [-0.4, -0.2) is 31.3 Å². The van der Waals surface area contributed by atoms with Gasteiger partial charge in [0, 0.05) is 48.9 Å². The summed E-state index contributed by atoms with van der Waals surface area (Å²) in [6, 6.07) is 21.9. The summed E-state index contributed by atoms with van der Waals surface area (Å²) in [5.41, 5.74) is 8.37. The number of benzene rings is 2. The number of hydrogen-bond donors (Lipinski definition) is 2. The molecule has 6 nitrogen and oxygen atoms in total. The molecule has 0 saturated heterocycles. The Kier molecular flexibility index (Phi) is 4.80. The average molecular weight is 435 g/mol. The monoisotopic (exact) mass is 434 g/mol. The van der Waals surface area contributed by atoms with Gasteiger partial charge in [0.25, 0.3) is 0 Å². The molecule has 164 valence electrons. The Hall–Kier alpha value is -3.77. The topological polar surface area (TPSA) is 71.4 Å². The molecular formula is C27H26N6. The number of aryl methyl sites for hydroxylation is 1. The number of rotatable bonds is 6. The number of H-pyrrole nitrogens is 1. The van der Waals surface area contributed by atoms with Crippen LogP contribution in [0, 0.1) is 0 Å². The third kappa shape index (κ3) is 3.52. The highest BCUT2D eigenvalue weighted by molar-refractivity contribution is 5.90. The fourth-order valence-corrected chi connectivity index (χ4v) is 5.23. The lowest BCUT2D eigenvalue weighted by atomic mass is 9.77. The SMILES string of the molecule is Cn1nccc1CNCC1(c2cccc(-c3ncnc4[nH]ccc34)c2)Cc2ccccc2C1. The Morgan fingerprint density at radius 1 is 1.00 bits per heavy atom. The molecule has 5 aromatic rings. The average Bonchev–Trinajstić information content (AvgIpc) is 3.57. The number of nitrogens with zero attached hydrogens (tertiary/aromatic N) is 4. The number of aromatic amines is 1. The molecule has 0 fully saturated rings. The molecular weight excluding hydrogens is 408 g/mol. The number of hydrogen-bond acceptors (Lipinski definition) is 4. The van der Waals surface area contributed by atoms with E-state index in [0.29, 0.717) is 0 Å². The van der Waals surface area contributed by atoms with E-state index in [1.54, 1.807) is 6.33 Å². The third-order valence-corrected chi connectivity index (χ3v) is 6.97. The summed E-state index contributed by atoms with van der Waals surface area (Å²) in [7, 11) is 1.99. The second-order valence-electron chi connectivity index (χ2n) is 9.00.